The summed E-state index contributed by atoms with van der Waals surface area (Å²) in [6.45, 7) is 7.75. The molecule has 6 heterocycles. The van der Waals surface area contributed by atoms with Crippen molar-refractivity contribution < 1.29 is 0 Å². The maximum absolute atomic E-state index is 4.98. The molecule has 0 aliphatic carbocycles. The molecule has 1 aliphatic heterocycles. The van der Waals surface area contributed by atoms with Gasteiger partial charge in [-0.2, -0.15) is 5.10 Å². The molecule has 6 rings (SSSR count). The highest BCUT2D eigenvalue weighted by molar-refractivity contribution is 5.96. The fourth-order valence-corrected chi connectivity index (χ4v) is 4.56. The van der Waals surface area contributed by atoms with Gasteiger partial charge in [-0.1, -0.05) is 6.92 Å². The highest BCUT2D eigenvalue weighted by atomic mass is 15.3. The van der Waals surface area contributed by atoms with Crippen molar-refractivity contribution in [1.29, 1.82) is 0 Å². The van der Waals surface area contributed by atoms with E-state index in [1.807, 2.05) is 31.0 Å². The third-order valence-corrected chi connectivity index (χ3v) is 6.56. The third kappa shape index (κ3) is 4.11. The number of hydrogen-bond donors (Lipinski definition) is 3. The normalized spacial score (nSPS) is 14.9. The molecule has 5 aromatic heterocycles. The van der Waals surface area contributed by atoms with Crippen LogP contribution < -0.4 is 10.2 Å². The zero-order valence-electron chi connectivity index (χ0n) is 19.9. The Bertz CT molecular complexity index is 1480. The Balaban J connectivity index is 1.38. The summed E-state index contributed by atoms with van der Waals surface area (Å²) in [5.74, 6) is 0.714. The Hall–Kier alpha value is -3.89. The molecular weight excluding hydrogens is 440 g/mol. The first kappa shape index (κ1) is 21.6. The number of imidazole rings is 1. The predicted octanol–water partition coefficient (Wildman–Crippen LogP) is 2.82. The molecule has 10 heteroatoms. The summed E-state index contributed by atoms with van der Waals surface area (Å²) in [6.07, 6.45) is 9.29. The molecule has 1 saturated heterocycles. The standard InChI is InChI=1S/C25H28N10/c1-3-26-10-16-8-17(12-27-11-16)19-9-18-20(14-29-19)32-33-23(18)25-30-21-13-28-15-22(24(21)31-25)35-6-4-34(2)5-7-35/h8-9,11-15,26H,3-7,10H2,1-2H3,(H,30,31)(H,32,33). The van der Waals surface area contributed by atoms with Gasteiger partial charge in [0.05, 0.1) is 41.0 Å². The lowest BCUT2D eigenvalue weighted by Crippen LogP contribution is -2.44. The van der Waals surface area contributed by atoms with Gasteiger partial charge in [-0.05, 0) is 31.3 Å². The molecule has 178 valence electrons. The van der Waals surface area contributed by atoms with E-state index in [2.05, 4.69) is 71.4 Å². The molecule has 1 aliphatic rings. The van der Waals surface area contributed by atoms with Gasteiger partial charge in [-0.15, -0.1) is 0 Å². The van der Waals surface area contributed by atoms with E-state index in [1.54, 1.807) is 0 Å². The van der Waals surface area contributed by atoms with Crippen LogP contribution in [0.5, 0.6) is 0 Å². The van der Waals surface area contributed by atoms with Crippen LogP contribution in [0, 0.1) is 0 Å². The van der Waals surface area contributed by atoms with E-state index in [0.717, 1.165) is 89.4 Å². The Morgan fingerprint density at radius 1 is 0.971 bits per heavy atom. The Morgan fingerprint density at radius 2 is 1.83 bits per heavy atom. The molecule has 0 bridgehead atoms. The summed E-state index contributed by atoms with van der Waals surface area (Å²) in [5, 5.41) is 12.0. The lowest BCUT2D eigenvalue weighted by atomic mass is 10.1. The predicted molar refractivity (Wildman–Crippen MR) is 137 cm³/mol. The average Bonchev–Trinajstić information content (AvgIpc) is 3.51. The number of rotatable bonds is 6. The van der Waals surface area contributed by atoms with Gasteiger partial charge in [0.1, 0.15) is 11.2 Å². The van der Waals surface area contributed by atoms with Gasteiger partial charge >= 0.3 is 0 Å². The molecule has 0 unspecified atom stereocenters. The summed E-state index contributed by atoms with van der Waals surface area (Å²) in [5.41, 5.74) is 7.46. The Kier molecular flexibility index (Phi) is 5.59. The largest absolute Gasteiger partial charge is 0.366 e. The van der Waals surface area contributed by atoms with Crippen molar-refractivity contribution in [2.45, 2.75) is 13.5 Å². The highest BCUT2D eigenvalue weighted by Gasteiger charge is 2.20. The zero-order valence-corrected chi connectivity index (χ0v) is 19.9. The van der Waals surface area contributed by atoms with Gasteiger partial charge in [0.25, 0.3) is 0 Å². The van der Waals surface area contributed by atoms with Crippen LogP contribution in [0.2, 0.25) is 0 Å². The summed E-state index contributed by atoms with van der Waals surface area (Å²) in [7, 11) is 2.16. The molecule has 0 saturated carbocycles. The van der Waals surface area contributed by atoms with Crippen LogP contribution in [0.25, 0.3) is 44.7 Å². The number of pyridine rings is 3. The fraction of sp³-hybridized carbons (Fsp3) is 0.320. The molecule has 5 aromatic rings. The minimum absolute atomic E-state index is 0.714. The van der Waals surface area contributed by atoms with Crippen molar-refractivity contribution >= 4 is 27.6 Å². The van der Waals surface area contributed by atoms with Crippen molar-refractivity contribution in [3.8, 4) is 22.8 Å². The molecular formula is C25H28N10. The molecule has 0 aromatic carbocycles. The monoisotopic (exact) mass is 468 g/mol. The zero-order chi connectivity index (χ0) is 23.8. The van der Waals surface area contributed by atoms with Gasteiger partial charge in [0.15, 0.2) is 5.82 Å². The molecule has 0 spiro atoms. The minimum Gasteiger partial charge on any atom is -0.366 e. The number of H-pyrrole nitrogens is 2. The number of nitrogens with zero attached hydrogens (tertiary/aromatic N) is 7. The van der Waals surface area contributed by atoms with E-state index in [1.165, 1.54) is 0 Å². The van der Waals surface area contributed by atoms with Crippen LogP contribution in [0.15, 0.2) is 43.1 Å². The van der Waals surface area contributed by atoms with Gasteiger partial charge in [0.2, 0.25) is 0 Å². The molecule has 0 atom stereocenters. The summed E-state index contributed by atoms with van der Waals surface area (Å²) in [4.78, 5) is 26.6. The smallest absolute Gasteiger partial charge is 0.159 e. The Morgan fingerprint density at radius 3 is 2.69 bits per heavy atom. The van der Waals surface area contributed by atoms with E-state index in [9.17, 15) is 0 Å². The van der Waals surface area contributed by atoms with E-state index in [0.29, 0.717) is 5.82 Å². The van der Waals surface area contributed by atoms with E-state index >= 15 is 0 Å². The first-order valence-electron chi connectivity index (χ1n) is 12.0. The number of aromatic nitrogens is 7. The number of nitrogens with one attached hydrogen (secondary N) is 3. The van der Waals surface area contributed by atoms with Crippen molar-refractivity contribution in [2.24, 2.45) is 0 Å². The lowest BCUT2D eigenvalue weighted by molar-refractivity contribution is 0.313. The van der Waals surface area contributed by atoms with Crippen molar-refractivity contribution in [3.63, 3.8) is 0 Å². The van der Waals surface area contributed by atoms with Crippen molar-refractivity contribution in [3.05, 3.63) is 48.7 Å². The number of fused-ring (bicyclic) bond motifs is 2. The van der Waals surface area contributed by atoms with Gasteiger partial charge in [-0.25, -0.2) is 4.98 Å². The van der Waals surface area contributed by atoms with Crippen LogP contribution in [-0.4, -0.2) is 79.8 Å². The Labute approximate surface area is 202 Å². The van der Waals surface area contributed by atoms with Gasteiger partial charge in [0, 0.05) is 56.1 Å². The topological polar surface area (TPSA) is 115 Å². The van der Waals surface area contributed by atoms with Crippen LogP contribution in [0.1, 0.15) is 12.5 Å². The second kappa shape index (κ2) is 9.05. The molecule has 1 fully saturated rings. The van der Waals surface area contributed by atoms with Gasteiger partial charge < -0.3 is 20.1 Å². The summed E-state index contributed by atoms with van der Waals surface area (Å²) < 4.78 is 0. The van der Waals surface area contributed by atoms with E-state index < -0.39 is 0 Å². The quantitative estimate of drug-likeness (QED) is 0.349. The van der Waals surface area contributed by atoms with Crippen LogP contribution >= 0.6 is 0 Å². The lowest BCUT2D eigenvalue weighted by Gasteiger charge is -2.33. The second-order valence-electron chi connectivity index (χ2n) is 8.98. The SMILES string of the molecule is CCNCc1cncc(-c2cc3c(-c4nc5c(N6CCN(C)CC6)cncc5[nH]4)n[nH]c3cn2)c1. The van der Waals surface area contributed by atoms with E-state index in [4.69, 9.17) is 4.98 Å². The molecule has 3 N–H and O–H groups in total. The first-order chi connectivity index (χ1) is 17.2. The molecule has 10 nitrogen and oxygen atoms in total. The summed E-state index contributed by atoms with van der Waals surface area (Å²) in [6, 6.07) is 4.17. The maximum Gasteiger partial charge on any atom is 0.159 e. The maximum atomic E-state index is 4.98. The number of hydrogen-bond acceptors (Lipinski definition) is 8. The number of aromatic amines is 2. The average molecular weight is 469 g/mol. The third-order valence-electron chi connectivity index (χ3n) is 6.56. The van der Waals surface area contributed by atoms with Crippen LogP contribution in [0.4, 0.5) is 5.69 Å². The summed E-state index contributed by atoms with van der Waals surface area (Å²) >= 11 is 0. The molecule has 0 radical (unpaired) electrons. The first-order valence-corrected chi connectivity index (χ1v) is 12.0. The van der Waals surface area contributed by atoms with Crippen molar-refractivity contribution in [2.75, 3.05) is 44.7 Å². The molecule has 0 amide bonds. The van der Waals surface area contributed by atoms with Crippen molar-refractivity contribution in [1.82, 2.24) is 45.3 Å². The molecule has 35 heavy (non-hydrogen) atoms. The van der Waals surface area contributed by atoms with Crippen LogP contribution in [-0.2, 0) is 6.54 Å². The van der Waals surface area contributed by atoms with Gasteiger partial charge in [-0.3, -0.25) is 20.1 Å². The minimum atomic E-state index is 0.714. The number of likely N-dealkylation sites (N-methyl/N-ethyl adjacent to an activating group) is 1. The second-order valence-corrected chi connectivity index (χ2v) is 8.98. The number of anilines is 1. The number of piperazine rings is 1. The highest BCUT2D eigenvalue weighted by Crippen LogP contribution is 2.31. The van der Waals surface area contributed by atoms with E-state index in [-0.39, 0.29) is 0 Å². The fourth-order valence-electron chi connectivity index (χ4n) is 4.56. The van der Waals surface area contributed by atoms with Crippen LogP contribution in [0.3, 0.4) is 0 Å².